The zero-order valence-electron chi connectivity index (χ0n) is 25.4. The second-order valence-corrected chi connectivity index (χ2v) is 11.8. The van der Waals surface area contributed by atoms with Crippen LogP contribution in [0.2, 0.25) is 0 Å². The average molecular weight is 941 g/mol. The van der Waals surface area contributed by atoms with Crippen LogP contribution in [0.15, 0.2) is 0 Å². The highest BCUT2D eigenvalue weighted by atomic mass is 35.5. The highest BCUT2D eigenvalue weighted by Crippen LogP contribution is 2.64. The van der Waals surface area contributed by atoms with E-state index in [1.54, 1.807) is 0 Å². The van der Waals surface area contributed by atoms with Crippen molar-refractivity contribution in [3.63, 3.8) is 0 Å². The molecular weight excluding hydrogens is 927 g/mol. The van der Waals surface area contributed by atoms with Crippen LogP contribution >= 0.6 is 23.2 Å². The van der Waals surface area contributed by atoms with Gasteiger partial charge in [-0.25, -0.2) is 0 Å². The van der Waals surface area contributed by atoms with E-state index >= 15 is 0 Å². The van der Waals surface area contributed by atoms with E-state index in [-0.39, 0.29) is 0 Å². The third kappa shape index (κ3) is 7.97. The maximum Gasteiger partial charge on any atom is 0.393 e. The first-order valence-electron chi connectivity index (χ1n) is 13.3. The Hall–Kier alpha value is -2.44. The number of hydrogen-bond acceptors (Lipinski definition) is 2. The van der Waals surface area contributed by atoms with Crippen molar-refractivity contribution in [1.29, 1.82) is 0 Å². The molecule has 0 aromatic carbocycles. The van der Waals surface area contributed by atoms with Crippen LogP contribution < -0.4 is 10.6 Å². The standard InChI is InChI=1S/C22H14Cl2F28N2O2/c23-21(49,50)19(45,46)17(41,42)15(37,38)13(33,34)11(29,30)9(25,26)7(55)53-5-3-1-2-4-6-54-8(56)10(27,28)12(31,32)14(35,36)16(39,40)18(43,44)20(47,48)22(24,51)52/h1-6H2,(H,53,55)(H,54,56). The Morgan fingerprint density at radius 1 is 0.304 bits per heavy atom. The van der Waals surface area contributed by atoms with Gasteiger partial charge in [0.15, 0.2) is 0 Å². The van der Waals surface area contributed by atoms with Gasteiger partial charge in [0.25, 0.3) is 11.8 Å². The highest BCUT2D eigenvalue weighted by molar-refractivity contribution is 6.22. The van der Waals surface area contributed by atoms with Gasteiger partial charge in [-0.2, -0.15) is 123 Å². The van der Waals surface area contributed by atoms with Crippen molar-refractivity contribution in [2.45, 2.75) is 108 Å². The molecule has 56 heavy (non-hydrogen) atoms. The molecule has 0 spiro atoms. The van der Waals surface area contributed by atoms with E-state index in [9.17, 15) is 133 Å². The molecule has 4 nitrogen and oxygen atoms in total. The van der Waals surface area contributed by atoms with Crippen LogP contribution in [0.5, 0.6) is 0 Å². The molecule has 0 unspecified atom stereocenters. The molecule has 0 heterocycles. The molecule has 334 valence electrons. The maximum absolute atomic E-state index is 13.8. The monoisotopic (exact) mass is 940 g/mol. The van der Waals surface area contributed by atoms with Crippen LogP contribution in [-0.4, -0.2) is 107 Å². The summed E-state index contributed by atoms with van der Waals surface area (Å²) < 4.78 is 375. The Kier molecular flexibility index (Phi) is 14.6. The summed E-state index contributed by atoms with van der Waals surface area (Å²) in [5.41, 5.74) is 0. The smallest absolute Gasteiger partial charge is 0.351 e. The van der Waals surface area contributed by atoms with Gasteiger partial charge >= 0.3 is 81.8 Å². The van der Waals surface area contributed by atoms with Crippen LogP contribution in [-0.2, 0) is 9.59 Å². The first-order chi connectivity index (χ1) is 24.0. The quantitative estimate of drug-likeness (QED) is 0.0685. The fraction of sp³-hybridized carbons (Fsp3) is 0.909. The number of hydrogen-bond donors (Lipinski definition) is 2. The average Bonchev–Trinajstić information content (AvgIpc) is 2.99. The van der Waals surface area contributed by atoms with Crippen LogP contribution in [0.1, 0.15) is 25.7 Å². The van der Waals surface area contributed by atoms with Gasteiger partial charge in [0, 0.05) is 13.1 Å². The number of rotatable bonds is 21. The molecule has 0 aliphatic carbocycles. The minimum Gasteiger partial charge on any atom is -0.351 e. The summed E-state index contributed by atoms with van der Waals surface area (Å²) in [4.78, 5) is 22.7. The summed E-state index contributed by atoms with van der Waals surface area (Å²) in [6.45, 7) is -3.00. The van der Waals surface area contributed by atoms with Crippen LogP contribution in [0, 0.1) is 0 Å². The zero-order chi connectivity index (χ0) is 45.8. The summed E-state index contributed by atoms with van der Waals surface area (Å²) in [7, 11) is 0. The summed E-state index contributed by atoms with van der Waals surface area (Å²) in [6.07, 6.45) is -3.35. The summed E-state index contributed by atoms with van der Waals surface area (Å²) in [6, 6.07) is 0. The van der Waals surface area contributed by atoms with Crippen molar-refractivity contribution in [2.24, 2.45) is 0 Å². The number of carbonyl (C=O) groups is 2. The van der Waals surface area contributed by atoms with Gasteiger partial charge in [-0.15, -0.1) is 0 Å². The SMILES string of the molecule is O=C(NCCCCCCNC(=O)C(F)(F)C(F)(F)C(F)(F)C(F)(F)C(F)(F)C(F)(F)C(F)(F)Cl)C(F)(F)C(F)(F)C(F)(F)C(F)(F)C(F)(F)C(F)(F)C(F)(F)Cl. The number of unbranched alkanes of at least 4 members (excludes halogenated alkanes) is 3. The van der Waals surface area contributed by atoms with Crippen LogP contribution in [0.25, 0.3) is 0 Å². The Balaban J connectivity index is 5.57. The molecule has 0 radical (unpaired) electrons. The van der Waals surface area contributed by atoms with E-state index < -0.39 is 132 Å². The topological polar surface area (TPSA) is 58.2 Å². The van der Waals surface area contributed by atoms with Gasteiger partial charge < -0.3 is 10.6 Å². The molecule has 2 amide bonds. The molecule has 0 saturated carbocycles. The second-order valence-electron chi connectivity index (χ2n) is 10.8. The molecule has 0 fully saturated rings. The molecule has 34 heteroatoms. The van der Waals surface area contributed by atoms with E-state index in [0.717, 1.165) is 0 Å². The fourth-order valence-corrected chi connectivity index (χ4v) is 3.69. The van der Waals surface area contributed by atoms with Crippen LogP contribution in [0.4, 0.5) is 123 Å². The lowest BCUT2D eigenvalue weighted by Crippen LogP contribution is -2.73. The van der Waals surface area contributed by atoms with Crippen LogP contribution in [0.3, 0.4) is 0 Å². The predicted octanol–water partition coefficient (Wildman–Crippen LogP) is 10.1. The highest BCUT2D eigenvalue weighted by Gasteiger charge is 2.95. The predicted molar refractivity (Wildman–Crippen MR) is 125 cm³/mol. The molecule has 2 N–H and O–H groups in total. The lowest BCUT2D eigenvalue weighted by molar-refractivity contribution is -0.431. The third-order valence-electron chi connectivity index (χ3n) is 6.90. The van der Waals surface area contributed by atoms with Crippen molar-refractivity contribution in [3.05, 3.63) is 0 Å². The maximum atomic E-state index is 13.8. The van der Waals surface area contributed by atoms with Gasteiger partial charge in [0.05, 0.1) is 0 Å². The van der Waals surface area contributed by atoms with Gasteiger partial charge in [-0.3, -0.25) is 9.59 Å². The van der Waals surface area contributed by atoms with E-state index in [1.807, 2.05) is 0 Å². The van der Waals surface area contributed by atoms with Gasteiger partial charge in [-0.1, -0.05) is 12.8 Å². The van der Waals surface area contributed by atoms with E-state index in [0.29, 0.717) is 10.6 Å². The normalized spacial score (nSPS) is 15.9. The second kappa shape index (κ2) is 15.3. The molecule has 0 saturated heterocycles. The molecule has 0 aliphatic rings. The number of nitrogens with one attached hydrogen (secondary N) is 2. The molecule has 0 bridgehead atoms. The van der Waals surface area contributed by atoms with Crippen molar-refractivity contribution in [2.75, 3.05) is 13.1 Å². The lowest BCUT2D eigenvalue weighted by Gasteiger charge is -2.41. The minimum atomic E-state index is -8.55. The fourth-order valence-electron chi connectivity index (χ4n) is 3.45. The Morgan fingerprint density at radius 2 is 0.482 bits per heavy atom. The Labute approximate surface area is 299 Å². The summed E-state index contributed by atoms with van der Waals surface area (Å²) in [5.74, 6) is -105. The zero-order valence-corrected chi connectivity index (χ0v) is 26.9. The van der Waals surface area contributed by atoms with Gasteiger partial charge in [-0.05, 0) is 36.0 Å². The lowest BCUT2D eigenvalue weighted by atomic mass is 9.91. The van der Waals surface area contributed by atoms with E-state index in [1.165, 1.54) is 0 Å². The molecule has 0 aliphatic heterocycles. The van der Waals surface area contributed by atoms with Crippen molar-refractivity contribution < 1.29 is 133 Å². The first kappa shape index (κ1) is 53.6. The summed E-state index contributed by atoms with van der Waals surface area (Å²) >= 11 is 6.83. The molecule has 0 aromatic rings. The number of alkyl halides is 30. The van der Waals surface area contributed by atoms with Crippen molar-refractivity contribution >= 4 is 35.0 Å². The van der Waals surface area contributed by atoms with E-state index in [4.69, 9.17) is 0 Å². The Morgan fingerprint density at radius 3 is 0.679 bits per heavy atom. The number of halogens is 30. The third-order valence-corrected chi connectivity index (χ3v) is 7.38. The van der Waals surface area contributed by atoms with Crippen molar-refractivity contribution in [3.8, 4) is 0 Å². The largest absolute Gasteiger partial charge is 0.393 e. The van der Waals surface area contributed by atoms with Crippen molar-refractivity contribution in [1.82, 2.24) is 10.6 Å². The summed E-state index contributed by atoms with van der Waals surface area (Å²) in [5, 5.41) is -12.7. The van der Waals surface area contributed by atoms with Gasteiger partial charge in [0.2, 0.25) is 0 Å². The van der Waals surface area contributed by atoms with Gasteiger partial charge in [0.1, 0.15) is 0 Å². The number of carbonyl (C=O) groups excluding carboxylic acids is 2. The molecule has 0 atom stereocenters. The minimum absolute atomic E-state index is 0.588. The molecule has 0 rings (SSSR count). The molecule has 0 aromatic heterocycles. The van der Waals surface area contributed by atoms with E-state index in [2.05, 4.69) is 23.2 Å². The number of amides is 2. The molecular formula is C22H14Cl2F28N2O2. The first-order valence-corrected chi connectivity index (χ1v) is 14.0. The Bertz CT molecular complexity index is 1300.